The van der Waals surface area contributed by atoms with Crippen LogP contribution >= 0.6 is 0 Å². The molecule has 0 aliphatic heterocycles. The van der Waals surface area contributed by atoms with Crippen LogP contribution in [0.1, 0.15) is 24.9 Å². The van der Waals surface area contributed by atoms with Crippen molar-refractivity contribution in [2.75, 3.05) is 7.05 Å². The average Bonchev–Trinajstić information content (AvgIpc) is 3.04. The minimum atomic E-state index is -3.74. The highest BCUT2D eigenvalue weighted by Gasteiger charge is 2.30. The van der Waals surface area contributed by atoms with Crippen molar-refractivity contribution in [2.24, 2.45) is 0 Å². The predicted molar refractivity (Wildman–Crippen MR) is 84.0 cm³/mol. The van der Waals surface area contributed by atoms with Gasteiger partial charge >= 0.3 is 0 Å². The van der Waals surface area contributed by atoms with Crippen LogP contribution in [0.4, 0.5) is 0 Å². The molecule has 7 nitrogen and oxygen atoms in total. The van der Waals surface area contributed by atoms with E-state index < -0.39 is 10.0 Å². The molecular weight excluding hydrogens is 316 g/mol. The van der Waals surface area contributed by atoms with Crippen LogP contribution in [0.15, 0.2) is 52.3 Å². The van der Waals surface area contributed by atoms with E-state index in [2.05, 4.69) is 19.9 Å². The molecule has 0 unspecified atom stereocenters. The zero-order valence-corrected chi connectivity index (χ0v) is 13.6. The highest BCUT2D eigenvalue weighted by Crippen LogP contribution is 2.30. The lowest BCUT2D eigenvalue weighted by Gasteiger charge is -2.26. The summed E-state index contributed by atoms with van der Waals surface area (Å²) in [6.45, 7) is 1.94. The van der Waals surface area contributed by atoms with Gasteiger partial charge in [-0.1, -0.05) is 13.0 Å². The van der Waals surface area contributed by atoms with Crippen molar-refractivity contribution < 1.29 is 13.0 Å². The summed E-state index contributed by atoms with van der Waals surface area (Å²) >= 11 is 0. The first-order valence-corrected chi connectivity index (χ1v) is 8.59. The Morgan fingerprint density at radius 1 is 1.17 bits per heavy atom. The Kier molecular flexibility index (Phi) is 4.10. The topological polar surface area (TPSA) is 89.2 Å². The van der Waals surface area contributed by atoms with Gasteiger partial charge in [0.05, 0.1) is 0 Å². The second-order valence-corrected chi connectivity index (χ2v) is 7.08. The van der Waals surface area contributed by atoms with Crippen molar-refractivity contribution in [3.63, 3.8) is 0 Å². The standard InChI is InChI=1S/C15H16N4O3S/c1-3-13(11-7-9-16-10-8-11)19(2)23(20,21)14-6-4-5-12-15(14)18-22-17-12/h4-10,13H,3H2,1-2H3/t13-/m0/s1. The van der Waals surface area contributed by atoms with Gasteiger partial charge in [-0.3, -0.25) is 4.98 Å². The molecule has 1 atom stereocenters. The maximum Gasteiger partial charge on any atom is 0.245 e. The van der Waals surface area contributed by atoms with E-state index in [-0.39, 0.29) is 16.5 Å². The molecule has 0 bridgehead atoms. The lowest BCUT2D eigenvalue weighted by Crippen LogP contribution is -2.31. The van der Waals surface area contributed by atoms with Gasteiger partial charge in [0.1, 0.15) is 10.4 Å². The number of hydrogen-bond acceptors (Lipinski definition) is 6. The first-order valence-electron chi connectivity index (χ1n) is 7.15. The van der Waals surface area contributed by atoms with Crippen molar-refractivity contribution >= 4 is 21.1 Å². The van der Waals surface area contributed by atoms with E-state index in [1.54, 1.807) is 31.6 Å². The Labute approximate surface area is 134 Å². The van der Waals surface area contributed by atoms with Crippen molar-refractivity contribution in [1.29, 1.82) is 0 Å². The van der Waals surface area contributed by atoms with Gasteiger partial charge in [0.25, 0.3) is 0 Å². The van der Waals surface area contributed by atoms with Crippen molar-refractivity contribution in [3.05, 3.63) is 48.3 Å². The van der Waals surface area contributed by atoms with Crippen LogP contribution < -0.4 is 0 Å². The zero-order chi connectivity index (χ0) is 16.4. The summed E-state index contributed by atoms with van der Waals surface area (Å²) in [5, 5.41) is 7.42. The smallest absolute Gasteiger partial charge is 0.245 e. The molecule has 0 spiro atoms. The Bertz CT molecular complexity index is 909. The number of hydrogen-bond donors (Lipinski definition) is 0. The Morgan fingerprint density at radius 3 is 2.61 bits per heavy atom. The normalized spacial score (nSPS) is 13.5. The molecule has 3 rings (SSSR count). The van der Waals surface area contributed by atoms with Crippen LogP contribution in [0.5, 0.6) is 0 Å². The summed E-state index contributed by atoms with van der Waals surface area (Å²) in [5.41, 5.74) is 1.54. The zero-order valence-electron chi connectivity index (χ0n) is 12.7. The lowest BCUT2D eigenvalue weighted by atomic mass is 10.1. The van der Waals surface area contributed by atoms with E-state index >= 15 is 0 Å². The number of benzene rings is 1. The lowest BCUT2D eigenvalue weighted by molar-refractivity contribution is 0.314. The van der Waals surface area contributed by atoms with Crippen LogP contribution in [0.25, 0.3) is 11.0 Å². The van der Waals surface area contributed by atoms with Gasteiger partial charge in [-0.2, -0.15) is 4.31 Å². The molecule has 0 radical (unpaired) electrons. The molecule has 0 saturated heterocycles. The quantitative estimate of drug-likeness (QED) is 0.712. The van der Waals surface area contributed by atoms with Crippen molar-refractivity contribution in [1.82, 2.24) is 19.6 Å². The third-order valence-corrected chi connectivity index (χ3v) is 5.72. The first kappa shape index (κ1) is 15.6. The van der Waals surface area contributed by atoms with Gasteiger partial charge in [0.2, 0.25) is 10.0 Å². The van der Waals surface area contributed by atoms with Crippen LogP contribution in [0.3, 0.4) is 0 Å². The number of pyridine rings is 1. The molecule has 0 N–H and O–H groups in total. The predicted octanol–water partition coefficient (Wildman–Crippen LogP) is 2.39. The monoisotopic (exact) mass is 332 g/mol. The summed E-state index contributed by atoms with van der Waals surface area (Å²) in [5.74, 6) is 0. The Morgan fingerprint density at radius 2 is 1.91 bits per heavy atom. The molecule has 0 fully saturated rings. The van der Waals surface area contributed by atoms with E-state index in [1.165, 1.54) is 10.4 Å². The van der Waals surface area contributed by atoms with E-state index in [1.807, 2.05) is 19.1 Å². The number of sulfonamides is 1. The molecule has 0 amide bonds. The van der Waals surface area contributed by atoms with Crippen LogP contribution in [-0.2, 0) is 10.0 Å². The molecule has 8 heteroatoms. The molecule has 23 heavy (non-hydrogen) atoms. The van der Waals surface area contributed by atoms with Gasteiger partial charge in [0.15, 0.2) is 5.52 Å². The van der Waals surface area contributed by atoms with Gasteiger partial charge < -0.3 is 0 Å². The Hall–Kier alpha value is -2.32. The molecular formula is C15H16N4O3S. The highest BCUT2D eigenvalue weighted by molar-refractivity contribution is 7.89. The molecule has 0 aliphatic rings. The SMILES string of the molecule is CC[C@@H](c1ccncc1)N(C)S(=O)(=O)c1cccc2nonc12. The van der Waals surface area contributed by atoms with E-state index in [9.17, 15) is 8.42 Å². The third-order valence-electron chi connectivity index (χ3n) is 3.82. The van der Waals surface area contributed by atoms with Crippen LogP contribution in [0.2, 0.25) is 0 Å². The molecule has 1 aromatic carbocycles. The number of rotatable bonds is 5. The van der Waals surface area contributed by atoms with E-state index in [4.69, 9.17) is 0 Å². The summed E-state index contributed by atoms with van der Waals surface area (Å²) < 4.78 is 32.1. The summed E-state index contributed by atoms with van der Waals surface area (Å²) in [6.07, 6.45) is 3.94. The number of aromatic nitrogens is 3. The van der Waals surface area contributed by atoms with E-state index in [0.717, 1.165) is 5.56 Å². The number of nitrogens with zero attached hydrogens (tertiary/aromatic N) is 4. The molecule has 3 aromatic rings. The second kappa shape index (κ2) is 6.05. The Balaban J connectivity index is 2.06. The molecule has 0 aliphatic carbocycles. The fourth-order valence-electron chi connectivity index (χ4n) is 2.60. The van der Waals surface area contributed by atoms with Crippen LogP contribution in [-0.4, -0.2) is 35.1 Å². The molecule has 2 heterocycles. The molecule has 0 saturated carbocycles. The minimum absolute atomic E-state index is 0.0891. The van der Waals surface area contributed by atoms with Gasteiger partial charge in [-0.15, -0.1) is 0 Å². The fourth-order valence-corrected chi connectivity index (χ4v) is 4.15. The summed E-state index contributed by atoms with van der Waals surface area (Å²) in [6, 6.07) is 8.14. The average molecular weight is 332 g/mol. The van der Waals surface area contributed by atoms with Gasteiger partial charge in [-0.05, 0) is 46.6 Å². The summed E-state index contributed by atoms with van der Waals surface area (Å²) in [4.78, 5) is 4.07. The highest BCUT2D eigenvalue weighted by atomic mass is 32.2. The maximum atomic E-state index is 13.0. The minimum Gasteiger partial charge on any atom is -0.265 e. The van der Waals surface area contributed by atoms with Crippen LogP contribution in [0, 0.1) is 0 Å². The third kappa shape index (κ3) is 2.71. The molecule has 120 valence electrons. The van der Waals surface area contributed by atoms with E-state index in [0.29, 0.717) is 11.9 Å². The van der Waals surface area contributed by atoms with Crippen molar-refractivity contribution in [3.8, 4) is 0 Å². The fraction of sp³-hybridized carbons (Fsp3) is 0.267. The second-order valence-electron chi connectivity index (χ2n) is 5.11. The maximum absolute atomic E-state index is 13.0. The van der Waals surface area contributed by atoms with Gasteiger partial charge in [-0.25, -0.2) is 13.0 Å². The first-order chi connectivity index (χ1) is 11.1. The molecule has 2 aromatic heterocycles. The summed E-state index contributed by atoms with van der Waals surface area (Å²) in [7, 11) is -2.18. The van der Waals surface area contributed by atoms with Gasteiger partial charge in [0, 0.05) is 25.5 Å². The number of fused-ring (bicyclic) bond motifs is 1. The largest absolute Gasteiger partial charge is 0.265 e. The van der Waals surface area contributed by atoms with Crippen molar-refractivity contribution in [2.45, 2.75) is 24.3 Å².